The van der Waals surface area contributed by atoms with E-state index in [1.807, 2.05) is 5.71 Å². The second-order valence-corrected chi connectivity index (χ2v) is 4.58. The molecule has 0 amide bonds. The number of carbonyl (C=O) groups excluding carboxylic acids is 1. The van der Waals surface area contributed by atoms with Crippen LogP contribution in [0.15, 0.2) is 24.3 Å². The SMILES string of the molecule is C[AsH]C(=O)c1ccc(B(O)O)cc1. The molecule has 0 saturated carbocycles. The summed E-state index contributed by atoms with van der Waals surface area (Å²) < 4.78 is 0.180. The van der Waals surface area contributed by atoms with Gasteiger partial charge in [-0.15, -0.1) is 0 Å². The maximum atomic E-state index is 11.2. The molecule has 1 atom stereocenters. The summed E-state index contributed by atoms with van der Waals surface area (Å²) in [6.07, 6.45) is 0. The van der Waals surface area contributed by atoms with Gasteiger partial charge in [-0.05, 0) is 0 Å². The molecule has 0 aliphatic heterocycles. The van der Waals surface area contributed by atoms with Crippen LogP contribution in [0.25, 0.3) is 0 Å². The number of hydrogen-bond acceptors (Lipinski definition) is 3. The first-order chi connectivity index (χ1) is 6.15. The zero-order chi connectivity index (χ0) is 9.84. The quantitative estimate of drug-likeness (QED) is 0.665. The van der Waals surface area contributed by atoms with Gasteiger partial charge in [0.05, 0.1) is 0 Å². The van der Waals surface area contributed by atoms with E-state index in [0.717, 1.165) is 0 Å². The fourth-order valence-electron chi connectivity index (χ4n) is 0.951. The van der Waals surface area contributed by atoms with Crippen molar-refractivity contribution in [3.63, 3.8) is 0 Å². The van der Waals surface area contributed by atoms with Crippen molar-refractivity contribution < 1.29 is 14.8 Å². The molecular formula is C8H10AsBO3. The van der Waals surface area contributed by atoms with E-state index in [1.165, 1.54) is 0 Å². The Labute approximate surface area is 83.6 Å². The molecule has 0 saturated heterocycles. The molecule has 1 rings (SSSR count). The van der Waals surface area contributed by atoms with Gasteiger partial charge >= 0.3 is 83.3 Å². The summed E-state index contributed by atoms with van der Waals surface area (Å²) in [5, 5.41) is 17.6. The monoisotopic (exact) mass is 240 g/mol. The van der Waals surface area contributed by atoms with Crippen molar-refractivity contribution in [2.24, 2.45) is 0 Å². The van der Waals surface area contributed by atoms with Gasteiger partial charge < -0.3 is 0 Å². The standard InChI is InChI=1S/C8H10AsBO3/c1-9-8(11)6-2-4-7(5-3-6)10(12)13/h2-5,9,12-13H,1H3. The average Bonchev–Trinajstić information content (AvgIpc) is 2.17. The van der Waals surface area contributed by atoms with Crippen molar-refractivity contribution in [1.29, 1.82) is 0 Å². The molecule has 13 heavy (non-hydrogen) atoms. The van der Waals surface area contributed by atoms with Crippen molar-refractivity contribution in [3.05, 3.63) is 29.8 Å². The Morgan fingerprint density at radius 3 is 2.23 bits per heavy atom. The van der Waals surface area contributed by atoms with Crippen LogP contribution < -0.4 is 5.46 Å². The number of rotatable bonds is 3. The molecule has 0 aliphatic carbocycles. The van der Waals surface area contributed by atoms with Crippen LogP contribution >= 0.6 is 0 Å². The molecule has 3 nitrogen and oxygen atoms in total. The van der Waals surface area contributed by atoms with E-state index in [1.54, 1.807) is 24.3 Å². The Bertz CT molecular complexity index is 297. The van der Waals surface area contributed by atoms with Crippen LogP contribution in [0.3, 0.4) is 0 Å². The minimum atomic E-state index is -1.46. The van der Waals surface area contributed by atoms with Crippen molar-refractivity contribution in [2.75, 3.05) is 0 Å². The summed E-state index contributed by atoms with van der Waals surface area (Å²) in [6.45, 7) is 0. The molecule has 0 heterocycles. The Kier molecular flexibility index (Phi) is 3.73. The van der Waals surface area contributed by atoms with Crippen LogP contribution in [0.4, 0.5) is 0 Å². The van der Waals surface area contributed by atoms with Crippen LogP contribution in [0.1, 0.15) is 10.4 Å². The molecule has 1 aromatic rings. The van der Waals surface area contributed by atoms with E-state index in [2.05, 4.69) is 0 Å². The first kappa shape index (κ1) is 10.5. The molecule has 2 N–H and O–H groups in total. The normalized spacial score (nSPS) is 10.7. The zero-order valence-electron chi connectivity index (χ0n) is 7.19. The molecule has 0 spiro atoms. The third kappa shape index (κ3) is 2.69. The van der Waals surface area contributed by atoms with Crippen LogP contribution in [0.5, 0.6) is 0 Å². The number of hydrogen-bond donors (Lipinski definition) is 2. The predicted octanol–water partition coefficient (Wildman–Crippen LogP) is -1.01. The van der Waals surface area contributed by atoms with Crippen LogP contribution in [-0.2, 0) is 0 Å². The molecule has 0 radical (unpaired) electrons. The third-order valence-electron chi connectivity index (χ3n) is 1.70. The fraction of sp³-hybridized carbons (Fsp3) is 0.125. The summed E-state index contributed by atoms with van der Waals surface area (Å²) in [7, 11) is -1.46. The first-order valence-corrected chi connectivity index (χ1v) is 6.98. The van der Waals surface area contributed by atoms with Crippen molar-refractivity contribution in [2.45, 2.75) is 5.71 Å². The summed E-state index contributed by atoms with van der Waals surface area (Å²) in [6, 6.07) is 6.37. The summed E-state index contributed by atoms with van der Waals surface area (Å²) in [5.41, 5.74) is 2.98. The van der Waals surface area contributed by atoms with Gasteiger partial charge in [0.1, 0.15) is 0 Å². The van der Waals surface area contributed by atoms with Gasteiger partial charge in [0.15, 0.2) is 0 Å². The number of carbonyl (C=O) groups is 1. The Hall–Kier alpha value is -0.567. The molecule has 0 fully saturated rings. The van der Waals surface area contributed by atoms with Gasteiger partial charge in [-0.3, -0.25) is 0 Å². The molecule has 0 aliphatic rings. The molecule has 1 unspecified atom stereocenters. The van der Waals surface area contributed by atoms with Crippen molar-refractivity contribution in [1.82, 2.24) is 0 Å². The molecule has 0 bridgehead atoms. The molecule has 1 aromatic carbocycles. The van der Waals surface area contributed by atoms with E-state index in [4.69, 9.17) is 10.0 Å². The summed E-state index contributed by atoms with van der Waals surface area (Å²) in [5.74, 6) is 0. The van der Waals surface area contributed by atoms with Crippen molar-refractivity contribution >= 4 is 32.9 Å². The third-order valence-corrected chi connectivity index (χ3v) is 3.26. The van der Waals surface area contributed by atoms with Crippen LogP contribution in [-0.4, -0.2) is 37.5 Å². The second kappa shape index (κ2) is 4.61. The average molecular weight is 240 g/mol. The van der Waals surface area contributed by atoms with Gasteiger partial charge in [-0.1, -0.05) is 0 Å². The number of benzene rings is 1. The van der Waals surface area contributed by atoms with Gasteiger partial charge in [0.25, 0.3) is 0 Å². The molecule has 5 heteroatoms. The van der Waals surface area contributed by atoms with E-state index in [9.17, 15) is 4.79 Å². The van der Waals surface area contributed by atoms with Crippen molar-refractivity contribution in [3.8, 4) is 0 Å². The molecular weight excluding hydrogens is 230 g/mol. The molecule has 68 valence electrons. The first-order valence-electron chi connectivity index (χ1n) is 3.83. The van der Waals surface area contributed by atoms with Gasteiger partial charge in [0, 0.05) is 0 Å². The maximum absolute atomic E-state index is 11.2. The predicted molar refractivity (Wildman–Crippen MR) is 53.6 cm³/mol. The van der Waals surface area contributed by atoms with Gasteiger partial charge in [-0.2, -0.15) is 0 Å². The van der Waals surface area contributed by atoms with E-state index in [-0.39, 0.29) is 4.57 Å². The Morgan fingerprint density at radius 1 is 1.31 bits per heavy atom. The Morgan fingerprint density at radius 2 is 1.85 bits per heavy atom. The summed E-state index contributed by atoms with van der Waals surface area (Å²) >= 11 is -0.544. The molecule has 0 aromatic heterocycles. The van der Waals surface area contributed by atoms with E-state index < -0.39 is 22.9 Å². The Balaban J connectivity index is 2.87. The van der Waals surface area contributed by atoms with Crippen LogP contribution in [0.2, 0.25) is 5.71 Å². The van der Waals surface area contributed by atoms with Crippen LogP contribution in [0, 0.1) is 0 Å². The second-order valence-electron chi connectivity index (χ2n) is 2.57. The fourth-order valence-corrected chi connectivity index (χ4v) is 1.91. The minimum absolute atomic E-state index is 0.180. The zero-order valence-corrected chi connectivity index (χ0v) is 9.29. The van der Waals surface area contributed by atoms with Gasteiger partial charge in [-0.25, -0.2) is 0 Å². The van der Waals surface area contributed by atoms with E-state index in [0.29, 0.717) is 11.0 Å². The van der Waals surface area contributed by atoms with E-state index >= 15 is 0 Å². The summed E-state index contributed by atoms with van der Waals surface area (Å²) in [4.78, 5) is 11.2. The topological polar surface area (TPSA) is 57.5 Å². The van der Waals surface area contributed by atoms with Gasteiger partial charge in [0.2, 0.25) is 0 Å².